The lowest BCUT2D eigenvalue weighted by Gasteiger charge is -2.11. The zero-order valence-electron chi connectivity index (χ0n) is 9.99. The van der Waals surface area contributed by atoms with Crippen molar-refractivity contribution in [1.29, 1.82) is 0 Å². The summed E-state index contributed by atoms with van der Waals surface area (Å²) < 4.78 is 5.36. The second-order valence-corrected chi connectivity index (χ2v) is 4.43. The summed E-state index contributed by atoms with van der Waals surface area (Å²) in [5, 5.41) is 0. The first-order valence-electron chi connectivity index (χ1n) is 5.81. The van der Waals surface area contributed by atoms with Crippen LogP contribution >= 0.6 is 0 Å². The van der Waals surface area contributed by atoms with E-state index in [9.17, 15) is 0 Å². The van der Waals surface area contributed by atoms with Gasteiger partial charge in [-0.1, -0.05) is 0 Å². The van der Waals surface area contributed by atoms with Crippen LogP contribution in [0.25, 0.3) is 0 Å². The van der Waals surface area contributed by atoms with Gasteiger partial charge in [0.2, 0.25) is 0 Å². The Morgan fingerprint density at radius 3 is 2.50 bits per heavy atom. The van der Waals surface area contributed by atoms with Crippen LogP contribution in [0.2, 0.25) is 0 Å². The van der Waals surface area contributed by atoms with Gasteiger partial charge in [0.15, 0.2) is 0 Å². The molecule has 2 rings (SSSR count). The van der Waals surface area contributed by atoms with Gasteiger partial charge in [-0.25, -0.2) is 9.97 Å². The summed E-state index contributed by atoms with van der Waals surface area (Å²) >= 11 is 0. The van der Waals surface area contributed by atoms with Gasteiger partial charge in [-0.05, 0) is 26.2 Å². The molecule has 1 unspecified atom stereocenters. The average molecular weight is 221 g/mol. The van der Waals surface area contributed by atoms with E-state index in [0.29, 0.717) is 12.5 Å². The molecule has 0 aliphatic carbocycles. The van der Waals surface area contributed by atoms with Crippen molar-refractivity contribution in [3.8, 4) is 0 Å². The minimum Gasteiger partial charge on any atom is -0.381 e. The first-order valence-corrected chi connectivity index (χ1v) is 5.81. The first-order chi connectivity index (χ1) is 7.70. The average Bonchev–Trinajstić information content (AvgIpc) is 2.70. The maximum atomic E-state index is 5.67. The van der Waals surface area contributed by atoms with Crippen LogP contribution in [0.15, 0.2) is 0 Å². The Hall–Kier alpha value is -1.00. The highest BCUT2D eigenvalue weighted by Gasteiger charge is 2.18. The largest absolute Gasteiger partial charge is 0.381 e. The lowest BCUT2D eigenvalue weighted by Crippen LogP contribution is -2.12. The number of hydrogen-bond donors (Lipinski definition) is 1. The Morgan fingerprint density at radius 1 is 1.31 bits per heavy atom. The Balaban J connectivity index is 2.15. The fraction of sp³-hybridized carbons (Fsp3) is 0.667. The normalized spacial score (nSPS) is 20.3. The molecule has 16 heavy (non-hydrogen) atoms. The SMILES string of the molecule is Cc1nc(CC2CCOC2)nc(C)c1CN. The molecule has 0 saturated carbocycles. The van der Waals surface area contributed by atoms with Gasteiger partial charge in [-0.2, -0.15) is 0 Å². The molecule has 1 aliphatic heterocycles. The van der Waals surface area contributed by atoms with Crippen LogP contribution in [0, 0.1) is 19.8 Å². The Morgan fingerprint density at radius 2 is 2.00 bits per heavy atom. The minimum absolute atomic E-state index is 0.518. The lowest BCUT2D eigenvalue weighted by atomic mass is 10.0. The Labute approximate surface area is 96.2 Å². The van der Waals surface area contributed by atoms with Gasteiger partial charge in [0.05, 0.1) is 0 Å². The third kappa shape index (κ3) is 2.39. The summed E-state index contributed by atoms with van der Waals surface area (Å²) in [6, 6.07) is 0. The van der Waals surface area contributed by atoms with Crippen molar-refractivity contribution in [2.45, 2.75) is 33.2 Å². The van der Waals surface area contributed by atoms with E-state index in [2.05, 4.69) is 9.97 Å². The molecular weight excluding hydrogens is 202 g/mol. The molecule has 1 aromatic rings. The number of rotatable bonds is 3. The van der Waals surface area contributed by atoms with Crippen molar-refractivity contribution in [2.75, 3.05) is 13.2 Å². The van der Waals surface area contributed by atoms with Crippen molar-refractivity contribution in [1.82, 2.24) is 9.97 Å². The van der Waals surface area contributed by atoms with E-state index in [4.69, 9.17) is 10.5 Å². The summed E-state index contributed by atoms with van der Waals surface area (Å²) in [6.45, 7) is 6.26. The predicted molar refractivity (Wildman–Crippen MR) is 62.0 cm³/mol. The van der Waals surface area contributed by atoms with E-state index in [1.807, 2.05) is 13.8 Å². The molecule has 0 spiro atoms. The summed E-state index contributed by atoms with van der Waals surface area (Å²) in [5.41, 5.74) is 8.78. The Kier molecular flexibility index (Phi) is 3.51. The fourth-order valence-corrected chi connectivity index (χ4v) is 2.20. The smallest absolute Gasteiger partial charge is 0.129 e. The van der Waals surface area contributed by atoms with Gasteiger partial charge in [0, 0.05) is 43.1 Å². The molecule has 88 valence electrons. The van der Waals surface area contributed by atoms with E-state index in [-0.39, 0.29) is 0 Å². The van der Waals surface area contributed by atoms with Crippen LogP contribution in [0.4, 0.5) is 0 Å². The number of nitrogens with zero attached hydrogens (tertiary/aromatic N) is 2. The molecule has 1 aromatic heterocycles. The zero-order chi connectivity index (χ0) is 11.5. The second kappa shape index (κ2) is 4.89. The molecule has 4 heteroatoms. The molecule has 0 bridgehead atoms. The number of nitrogens with two attached hydrogens (primary N) is 1. The number of ether oxygens (including phenoxy) is 1. The molecule has 1 aliphatic rings. The van der Waals surface area contributed by atoms with Gasteiger partial charge in [-0.15, -0.1) is 0 Å². The van der Waals surface area contributed by atoms with Crippen LogP contribution in [-0.4, -0.2) is 23.2 Å². The maximum absolute atomic E-state index is 5.67. The number of hydrogen-bond acceptors (Lipinski definition) is 4. The first kappa shape index (κ1) is 11.5. The van der Waals surface area contributed by atoms with E-state index in [0.717, 1.165) is 48.8 Å². The monoisotopic (exact) mass is 221 g/mol. The molecule has 2 heterocycles. The maximum Gasteiger partial charge on any atom is 0.129 e. The lowest BCUT2D eigenvalue weighted by molar-refractivity contribution is 0.185. The minimum atomic E-state index is 0.518. The standard InChI is InChI=1S/C12H19N3O/c1-8-11(6-13)9(2)15-12(14-8)5-10-3-4-16-7-10/h10H,3-7,13H2,1-2H3. The topological polar surface area (TPSA) is 61.0 Å². The van der Waals surface area contributed by atoms with Crippen molar-refractivity contribution in [2.24, 2.45) is 11.7 Å². The summed E-state index contributed by atoms with van der Waals surface area (Å²) in [4.78, 5) is 9.04. The number of aromatic nitrogens is 2. The van der Waals surface area contributed by atoms with E-state index < -0.39 is 0 Å². The molecule has 0 aromatic carbocycles. The summed E-state index contributed by atoms with van der Waals surface area (Å²) in [5.74, 6) is 1.52. The van der Waals surface area contributed by atoms with Gasteiger partial charge >= 0.3 is 0 Å². The third-order valence-electron chi connectivity index (χ3n) is 3.17. The molecule has 1 atom stereocenters. The van der Waals surface area contributed by atoms with Crippen molar-refractivity contribution in [3.05, 3.63) is 22.8 Å². The molecule has 0 amide bonds. The van der Waals surface area contributed by atoms with Crippen LogP contribution in [0.3, 0.4) is 0 Å². The van der Waals surface area contributed by atoms with Crippen LogP contribution in [0.1, 0.15) is 29.2 Å². The second-order valence-electron chi connectivity index (χ2n) is 4.43. The van der Waals surface area contributed by atoms with E-state index in [1.54, 1.807) is 0 Å². The highest BCUT2D eigenvalue weighted by molar-refractivity contribution is 5.24. The van der Waals surface area contributed by atoms with E-state index >= 15 is 0 Å². The zero-order valence-corrected chi connectivity index (χ0v) is 9.99. The molecule has 2 N–H and O–H groups in total. The third-order valence-corrected chi connectivity index (χ3v) is 3.17. The van der Waals surface area contributed by atoms with Crippen LogP contribution in [0.5, 0.6) is 0 Å². The number of aryl methyl sites for hydroxylation is 2. The summed E-state index contributed by atoms with van der Waals surface area (Å²) in [7, 11) is 0. The highest BCUT2D eigenvalue weighted by Crippen LogP contribution is 2.18. The molecule has 1 fully saturated rings. The van der Waals surface area contributed by atoms with Crippen LogP contribution in [-0.2, 0) is 17.7 Å². The van der Waals surface area contributed by atoms with Crippen LogP contribution < -0.4 is 5.73 Å². The van der Waals surface area contributed by atoms with Crippen molar-refractivity contribution in [3.63, 3.8) is 0 Å². The predicted octanol–water partition coefficient (Wildman–Crippen LogP) is 1.13. The molecular formula is C12H19N3O. The van der Waals surface area contributed by atoms with E-state index in [1.165, 1.54) is 0 Å². The highest BCUT2D eigenvalue weighted by atomic mass is 16.5. The molecule has 0 radical (unpaired) electrons. The van der Waals surface area contributed by atoms with Gasteiger partial charge in [0.1, 0.15) is 5.82 Å². The molecule has 4 nitrogen and oxygen atoms in total. The quantitative estimate of drug-likeness (QED) is 0.831. The van der Waals surface area contributed by atoms with Crippen molar-refractivity contribution < 1.29 is 4.74 Å². The van der Waals surface area contributed by atoms with Gasteiger partial charge in [0.25, 0.3) is 0 Å². The van der Waals surface area contributed by atoms with Crippen molar-refractivity contribution >= 4 is 0 Å². The van der Waals surface area contributed by atoms with Gasteiger partial charge < -0.3 is 10.5 Å². The summed E-state index contributed by atoms with van der Waals surface area (Å²) in [6.07, 6.45) is 2.05. The fourth-order valence-electron chi connectivity index (χ4n) is 2.20. The Bertz CT molecular complexity index is 350. The van der Waals surface area contributed by atoms with Gasteiger partial charge in [-0.3, -0.25) is 0 Å². The molecule has 1 saturated heterocycles.